The van der Waals surface area contributed by atoms with Crippen LogP contribution in [0.2, 0.25) is 0 Å². The fourth-order valence-electron chi connectivity index (χ4n) is 2.62. The molecule has 0 unspecified atom stereocenters. The fraction of sp³-hybridized carbons (Fsp3) is 0.176. The molecule has 0 radical (unpaired) electrons. The number of hydrogen-bond donors (Lipinski definition) is 1. The summed E-state index contributed by atoms with van der Waals surface area (Å²) in [7, 11) is 0. The van der Waals surface area contributed by atoms with Crippen molar-refractivity contribution in [3.05, 3.63) is 59.2 Å². The van der Waals surface area contributed by atoms with Crippen molar-refractivity contribution in [3.8, 4) is 5.75 Å². The lowest BCUT2D eigenvalue weighted by atomic mass is 9.98. The van der Waals surface area contributed by atoms with E-state index >= 15 is 0 Å². The molecule has 1 N–H and O–H groups in total. The highest BCUT2D eigenvalue weighted by atomic mass is 16.3. The van der Waals surface area contributed by atoms with Crippen LogP contribution in [0.5, 0.6) is 5.75 Å². The van der Waals surface area contributed by atoms with E-state index in [1.54, 1.807) is 48.2 Å². The van der Waals surface area contributed by atoms with Gasteiger partial charge in [-0.05, 0) is 31.2 Å². The van der Waals surface area contributed by atoms with E-state index in [9.17, 15) is 14.7 Å². The van der Waals surface area contributed by atoms with Crippen molar-refractivity contribution in [2.45, 2.75) is 13.3 Å². The molecule has 0 bridgehead atoms. The van der Waals surface area contributed by atoms with E-state index in [4.69, 9.17) is 0 Å². The number of anilines is 1. The molecule has 0 aliphatic carbocycles. The van der Waals surface area contributed by atoms with Gasteiger partial charge in [0.1, 0.15) is 5.75 Å². The molecule has 21 heavy (non-hydrogen) atoms. The Balaban J connectivity index is 2.05. The topological polar surface area (TPSA) is 57.6 Å². The van der Waals surface area contributed by atoms with Crippen LogP contribution in [0.25, 0.3) is 0 Å². The predicted octanol–water partition coefficient (Wildman–Crippen LogP) is 2.93. The Morgan fingerprint density at radius 1 is 1.14 bits per heavy atom. The van der Waals surface area contributed by atoms with Gasteiger partial charge >= 0.3 is 0 Å². The molecule has 0 atom stereocenters. The Hall–Kier alpha value is -2.62. The van der Waals surface area contributed by atoms with Gasteiger partial charge in [-0.3, -0.25) is 9.59 Å². The van der Waals surface area contributed by atoms with Gasteiger partial charge in [0.05, 0.1) is 5.69 Å². The van der Waals surface area contributed by atoms with E-state index in [0.29, 0.717) is 35.3 Å². The van der Waals surface area contributed by atoms with Crippen LogP contribution in [-0.2, 0) is 0 Å². The first-order chi connectivity index (χ1) is 10.1. The minimum Gasteiger partial charge on any atom is -0.508 e. The first kappa shape index (κ1) is 13.4. The molecule has 4 heteroatoms. The van der Waals surface area contributed by atoms with Crippen molar-refractivity contribution in [1.29, 1.82) is 0 Å². The number of carbonyl (C=O) groups excluding carboxylic acids is 2. The summed E-state index contributed by atoms with van der Waals surface area (Å²) >= 11 is 0. The van der Waals surface area contributed by atoms with Gasteiger partial charge in [-0.1, -0.05) is 18.2 Å². The molecule has 4 nitrogen and oxygen atoms in total. The van der Waals surface area contributed by atoms with Crippen LogP contribution in [0.3, 0.4) is 0 Å². The number of phenols is 1. The largest absolute Gasteiger partial charge is 0.508 e. The predicted molar refractivity (Wildman–Crippen MR) is 79.9 cm³/mol. The monoisotopic (exact) mass is 281 g/mol. The van der Waals surface area contributed by atoms with Gasteiger partial charge in [-0.25, -0.2) is 0 Å². The third-order valence-corrected chi connectivity index (χ3v) is 3.84. The number of fused-ring (bicyclic) bond motifs is 1. The maximum Gasteiger partial charge on any atom is 0.258 e. The van der Waals surface area contributed by atoms with E-state index in [1.807, 2.05) is 6.07 Å². The molecule has 0 aromatic heterocycles. The van der Waals surface area contributed by atoms with Gasteiger partial charge in [0.2, 0.25) is 0 Å². The van der Waals surface area contributed by atoms with Crippen LogP contribution in [0.1, 0.15) is 32.7 Å². The Bertz CT molecular complexity index is 737. The summed E-state index contributed by atoms with van der Waals surface area (Å²) < 4.78 is 0. The molecule has 2 aromatic carbocycles. The van der Waals surface area contributed by atoms with Gasteiger partial charge in [-0.15, -0.1) is 0 Å². The number of phenolic OH excluding ortho intramolecular Hbond substituents is 1. The minimum atomic E-state index is -0.191. The molecule has 1 amide bonds. The summed E-state index contributed by atoms with van der Waals surface area (Å²) in [5.41, 5.74) is 2.23. The Morgan fingerprint density at radius 3 is 2.71 bits per heavy atom. The lowest BCUT2D eigenvalue weighted by Crippen LogP contribution is -2.37. The smallest absolute Gasteiger partial charge is 0.258 e. The maximum absolute atomic E-state index is 12.7. The van der Waals surface area contributed by atoms with Gasteiger partial charge in [0, 0.05) is 29.7 Å². The summed E-state index contributed by atoms with van der Waals surface area (Å²) in [5.74, 6) is -0.0344. The van der Waals surface area contributed by atoms with Gasteiger partial charge < -0.3 is 10.0 Å². The summed E-state index contributed by atoms with van der Waals surface area (Å²) in [6, 6.07) is 12.0. The molecule has 2 aromatic rings. The number of ketones is 1. The highest BCUT2D eigenvalue weighted by Crippen LogP contribution is 2.29. The highest BCUT2D eigenvalue weighted by molar-refractivity contribution is 6.13. The van der Waals surface area contributed by atoms with Crippen molar-refractivity contribution in [3.63, 3.8) is 0 Å². The van der Waals surface area contributed by atoms with Crippen LogP contribution < -0.4 is 4.90 Å². The summed E-state index contributed by atoms with van der Waals surface area (Å²) in [4.78, 5) is 26.3. The molecular formula is C17H15NO3. The number of nitrogens with zero attached hydrogens (tertiary/aromatic N) is 1. The summed E-state index contributed by atoms with van der Waals surface area (Å²) in [5, 5.41) is 9.76. The Kier molecular flexibility index (Phi) is 3.22. The summed E-state index contributed by atoms with van der Waals surface area (Å²) in [6.45, 7) is 2.08. The minimum absolute atomic E-state index is 0.0577. The van der Waals surface area contributed by atoms with Crippen molar-refractivity contribution >= 4 is 17.4 Å². The van der Waals surface area contributed by atoms with E-state index in [1.165, 1.54) is 0 Å². The number of amides is 1. The lowest BCUT2D eigenvalue weighted by molar-refractivity contribution is 0.0954. The van der Waals surface area contributed by atoms with Gasteiger partial charge in [-0.2, -0.15) is 0 Å². The molecule has 0 saturated carbocycles. The van der Waals surface area contributed by atoms with Crippen LogP contribution in [0.15, 0.2) is 42.5 Å². The first-order valence-electron chi connectivity index (χ1n) is 6.82. The maximum atomic E-state index is 12.7. The van der Waals surface area contributed by atoms with E-state index in [2.05, 4.69) is 0 Å². The normalized spacial score (nSPS) is 14.0. The molecular weight excluding hydrogens is 266 g/mol. The zero-order valence-corrected chi connectivity index (χ0v) is 11.7. The molecule has 106 valence electrons. The number of rotatable bonds is 1. The van der Waals surface area contributed by atoms with Crippen LogP contribution in [-0.4, -0.2) is 23.3 Å². The van der Waals surface area contributed by atoms with Crippen molar-refractivity contribution < 1.29 is 14.7 Å². The zero-order chi connectivity index (χ0) is 15.0. The second kappa shape index (κ2) is 5.05. The number of hydrogen-bond acceptors (Lipinski definition) is 3. The van der Waals surface area contributed by atoms with Gasteiger partial charge in [0.15, 0.2) is 5.78 Å². The fourth-order valence-corrected chi connectivity index (χ4v) is 2.62. The lowest BCUT2D eigenvalue weighted by Gasteiger charge is -2.29. The van der Waals surface area contributed by atoms with E-state index in [-0.39, 0.29) is 17.4 Å². The molecule has 1 aliphatic rings. The van der Waals surface area contributed by atoms with Crippen molar-refractivity contribution in [2.24, 2.45) is 0 Å². The number of Topliss-reactive ketones (excluding diaryl/α,β-unsaturated/α-hetero) is 1. The molecule has 1 aliphatic heterocycles. The Morgan fingerprint density at radius 2 is 1.90 bits per heavy atom. The second-order valence-electron chi connectivity index (χ2n) is 5.10. The van der Waals surface area contributed by atoms with Crippen molar-refractivity contribution in [2.75, 3.05) is 11.4 Å². The zero-order valence-electron chi connectivity index (χ0n) is 11.7. The van der Waals surface area contributed by atoms with Crippen molar-refractivity contribution in [1.82, 2.24) is 0 Å². The number of carbonyl (C=O) groups is 2. The third kappa shape index (κ3) is 2.18. The average molecular weight is 281 g/mol. The third-order valence-electron chi connectivity index (χ3n) is 3.84. The van der Waals surface area contributed by atoms with Gasteiger partial charge in [0.25, 0.3) is 5.91 Å². The molecule has 0 fully saturated rings. The first-order valence-corrected chi connectivity index (χ1v) is 6.82. The molecule has 0 saturated heterocycles. The summed E-state index contributed by atoms with van der Waals surface area (Å²) in [6.07, 6.45) is 0.320. The molecule has 0 spiro atoms. The SMILES string of the molecule is Cc1c(O)cccc1C(=O)N1CCC(=O)c2ccccc21. The highest BCUT2D eigenvalue weighted by Gasteiger charge is 2.28. The number of aromatic hydroxyl groups is 1. The van der Waals surface area contributed by atoms with Crippen LogP contribution in [0.4, 0.5) is 5.69 Å². The van der Waals surface area contributed by atoms with Crippen LogP contribution in [0, 0.1) is 6.92 Å². The second-order valence-corrected chi connectivity index (χ2v) is 5.10. The number of benzene rings is 2. The standard InChI is InChI=1S/C17H15NO3/c1-11-12(6-4-8-15(11)19)17(21)18-10-9-16(20)13-5-2-3-7-14(13)18/h2-8,19H,9-10H2,1H3. The number of para-hydroxylation sites is 1. The molecule has 3 rings (SSSR count). The Labute approximate surface area is 122 Å². The van der Waals surface area contributed by atoms with E-state index in [0.717, 1.165) is 0 Å². The average Bonchev–Trinajstić information content (AvgIpc) is 2.50. The van der Waals surface area contributed by atoms with E-state index < -0.39 is 0 Å². The van der Waals surface area contributed by atoms with Crippen LogP contribution >= 0.6 is 0 Å². The molecule has 1 heterocycles. The quantitative estimate of drug-likeness (QED) is 0.874.